The quantitative estimate of drug-likeness (QED) is 0.660. The third-order valence-electron chi connectivity index (χ3n) is 3.29. The Balaban J connectivity index is 2.19. The van der Waals surface area contributed by atoms with E-state index in [1.807, 2.05) is 0 Å². The van der Waals surface area contributed by atoms with Gasteiger partial charge in [0.15, 0.2) is 0 Å². The van der Waals surface area contributed by atoms with E-state index in [4.69, 9.17) is 4.74 Å². The third kappa shape index (κ3) is 3.28. The summed E-state index contributed by atoms with van der Waals surface area (Å²) in [6.45, 7) is 6.14. The molecule has 2 nitrogen and oxygen atoms in total. The summed E-state index contributed by atoms with van der Waals surface area (Å²) in [5.74, 6) is 0.824. The van der Waals surface area contributed by atoms with Crippen LogP contribution in [0.4, 0.5) is 0 Å². The lowest BCUT2D eigenvalue weighted by Gasteiger charge is -2.28. The molecule has 1 aliphatic carbocycles. The number of aliphatic hydroxyl groups is 1. The second kappa shape index (κ2) is 4.97. The third-order valence-corrected chi connectivity index (χ3v) is 3.29. The number of hydrogen-bond acceptors (Lipinski definition) is 2. The average Bonchev–Trinajstić information content (AvgIpc) is 2.97. The Hall–Kier alpha value is -0.0800. The zero-order valence-corrected chi connectivity index (χ0v) is 8.88. The molecule has 13 heavy (non-hydrogen) atoms. The van der Waals surface area contributed by atoms with E-state index in [0.29, 0.717) is 0 Å². The van der Waals surface area contributed by atoms with Gasteiger partial charge in [0.2, 0.25) is 0 Å². The van der Waals surface area contributed by atoms with E-state index in [1.54, 1.807) is 0 Å². The fraction of sp³-hybridized carbons (Fsp3) is 1.00. The van der Waals surface area contributed by atoms with Crippen molar-refractivity contribution in [1.29, 1.82) is 0 Å². The second-order valence-electron chi connectivity index (χ2n) is 4.32. The first-order valence-corrected chi connectivity index (χ1v) is 5.45. The summed E-state index contributed by atoms with van der Waals surface area (Å²) >= 11 is 0. The minimum absolute atomic E-state index is 0.0227. The van der Waals surface area contributed by atoms with Gasteiger partial charge in [-0.15, -0.1) is 0 Å². The molecule has 0 spiro atoms. The monoisotopic (exact) mass is 186 g/mol. The van der Waals surface area contributed by atoms with Gasteiger partial charge in [-0.25, -0.2) is 0 Å². The molecule has 1 aliphatic rings. The van der Waals surface area contributed by atoms with Crippen LogP contribution in [0.2, 0.25) is 0 Å². The molecule has 0 atom stereocenters. The summed E-state index contributed by atoms with van der Waals surface area (Å²) in [6, 6.07) is 0. The lowest BCUT2D eigenvalue weighted by Crippen LogP contribution is -2.30. The van der Waals surface area contributed by atoms with Gasteiger partial charge in [-0.3, -0.25) is 0 Å². The van der Waals surface area contributed by atoms with Gasteiger partial charge in [-0.05, 0) is 31.6 Å². The molecule has 0 heterocycles. The second-order valence-corrected chi connectivity index (χ2v) is 4.32. The first-order valence-electron chi connectivity index (χ1n) is 5.45. The van der Waals surface area contributed by atoms with Gasteiger partial charge < -0.3 is 9.84 Å². The van der Waals surface area contributed by atoms with Crippen LogP contribution < -0.4 is 0 Å². The van der Waals surface area contributed by atoms with Crippen molar-refractivity contribution < 1.29 is 9.84 Å². The molecule has 1 rings (SSSR count). The Labute approximate surface area is 81.3 Å². The molecule has 0 aromatic heterocycles. The summed E-state index contributed by atoms with van der Waals surface area (Å²) in [4.78, 5) is 0. The van der Waals surface area contributed by atoms with E-state index in [1.165, 1.54) is 12.8 Å². The first-order chi connectivity index (χ1) is 6.26. The van der Waals surface area contributed by atoms with Crippen LogP contribution in [0, 0.1) is 11.3 Å². The summed E-state index contributed by atoms with van der Waals surface area (Å²) in [6.07, 6.45) is 4.68. The van der Waals surface area contributed by atoms with E-state index in [9.17, 15) is 5.11 Å². The first kappa shape index (κ1) is 11.0. The Bertz CT molecular complexity index is 129. The number of ether oxygens (including phenoxy) is 1. The van der Waals surface area contributed by atoms with Crippen LogP contribution in [-0.2, 0) is 4.74 Å². The molecule has 0 aromatic rings. The molecule has 0 saturated heterocycles. The number of aliphatic hydroxyl groups excluding tert-OH is 1. The molecule has 1 saturated carbocycles. The van der Waals surface area contributed by atoms with Gasteiger partial charge in [0, 0.05) is 12.0 Å². The van der Waals surface area contributed by atoms with Crippen LogP contribution in [-0.4, -0.2) is 24.9 Å². The van der Waals surface area contributed by atoms with Crippen molar-refractivity contribution in [3.05, 3.63) is 0 Å². The standard InChI is InChI=1S/C11H22O2/c1-3-11(4-2,8-12)9-13-7-10-5-6-10/h10,12H,3-9H2,1-2H3. The highest BCUT2D eigenvalue weighted by molar-refractivity contribution is 4.77. The molecule has 1 N–H and O–H groups in total. The summed E-state index contributed by atoms with van der Waals surface area (Å²) < 4.78 is 5.64. The molecule has 0 radical (unpaired) electrons. The lowest BCUT2D eigenvalue weighted by atomic mass is 9.84. The summed E-state index contributed by atoms with van der Waals surface area (Å²) in [5, 5.41) is 9.28. The van der Waals surface area contributed by atoms with E-state index in [2.05, 4.69) is 13.8 Å². The Kier molecular flexibility index (Phi) is 4.20. The highest BCUT2D eigenvalue weighted by atomic mass is 16.5. The maximum atomic E-state index is 9.28. The fourth-order valence-electron chi connectivity index (χ4n) is 1.45. The molecule has 2 heteroatoms. The number of rotatable bonds is 7. The van der Waals surface area contributed by atoms with E-state index in [0.717, 1.165) is 32.0 Å². The van der Waals surface area contributed by atoms with Crippen molar-refractivity contribution in [2.24, 2.45) is 11.3 Å². The van der Waals surface area contributed by atoms with E-state index in [-0.39, 0.29) is 12.0 Å². The smallest absolute Gasteiger partial charge is 0.0544 e. The normalized spacial score (nSPS) is 17.8. The Morgan fingerprint density at radius 2 is 1.92 bits per heavy atom. The van der Waals surface area contributed by atoms with Crippen molar-refractivity contribution in [3.63, 3.8) is 0 Å². The molecule has 0 aromatic carbocycles. The highest BCUT2D eigenvalue weighted by Gasteiger charge is 2.27. The molecule has 0 aliphatic heterocycles. The molecule has 0 amide bonds. The average molecular weight is 186 g/mol. The fourth-order valence-corrected chi connectivity index (χ4v) is 1.45. The molecule has 0 bridgehead atoms. The van der Waals surface area contributed by atoms with Gasteiger partial charge in [0.1, 0.15) is 0 Å². The van der Waals surface area contributed by atoms with Gasteiger partial charge in [0.25, 0.3) is 0 Å². The number of hydrogen-bond donors (Lipinski definition) is 1. The van der Waals surface area contributed by atoms with Gasteiger partial charge in [-0.2, -0.15) is 0 Å². The predicted octanol–water partition coefficient (Wildman–Crippen LogP) is 2.21. The summed E-state index contributed by atoms with van der Waals surface area (Å²) in [7, 11) is 0. The minimum atomic E-state index is 0.0227. The Morgan fingerprint density at radius 1 is 1.31 bits per heavy atom. The largest absolute Gasteiger partial charge is 0.396 e. The van der Waals surface area contributed by atoms with Crippen molar-refractivity contribution in [2.45, 2.75) is 39.5 Å². The van der Waals surface area contributed by atoms with Crippen LogP contribution in [0.1, 0.15) is 39.5 Å². The molecule has 1 fully saturated rings. The van der Waals surface area contributed by atoms with Crippen molar-refractivity contribution in [2.75, 3.05) is 19.8 Å². The van der Waals surface area contributed by atoms with Crippen LogP contribution in [0.15, 0.2) is 0 Å². The summed E-state index contributed by atoms with van der Waals surface area (Å²) in [5.41, 5.74) is 0.0227. The van der Waals surface area contributed by atoms with Crippen molar-refractivity contribution in [1.82, 2.24) is 0 Å². The van der Waals surface area contributed by atoms with Crippen molar-refractivity contribution in [3.8, 4) is 0 Å². The molecular formula is C11H22O2. The zero-order chi connectivity index (χ0) is 9.73. The maximum absolute atomic E-state index is 9.28. The van der Waals surface area contributed by atoms with Crippen molar-refractivity contribution >= 4 is 0 Å². The van der Waals surface area contributed by atoms with Crippen LogP contribution in [0.3, 0.4) is 0 Å². The zero-order valence-electron chi connectivity index (χ0n) is 8.88. The molecular weight excluding hydrogens is 164 g/mol. The molecule has 0 unspecified atom stereocenters. The SMILES string of the molecule is CCC(CC)(CO)COCC1CC1. The lowest BCUT2D eigenvalue weighted by molar-refractivity contribution is -0.00238. The van der Waals surface area contributed by atoms with Gasteiger partial charge in [0.05, 0.1) is 13.2 Å². The van der Waals surface area contributed by atoms with Gasteiger partial charge in [-0.1, -0.05) is 13.8 Å². The van der Waals surface area contributed by atoms with Crippen LogP contribution in [0.5, 0.6) is 0 Å². The predicted molar refractivity (Wildman–Crippen MR) is 53.6 cm³/mol. The maximum Gasteiger partial charge on any atom is 0.0544 e. The van der Waals surface area contributed by atoms with E-state index < -0.39 is 0 Å². The van der Waals surface area contributed by atoms with Gasteiger partial charge >= 0.3 is 0 Å². The molecule has 78 valence electrons. The minimum Gasteiger partial charge on any atom is -0.396 e. The Morgan fingerprint density at radius 3 is 2.31 bits per heavy atom. The van der Waals surface area contributed by atoms with E-state index >= 15 is 0 Å². The van der Waals surface area contributed by atoms with Crippen LogP contribution >= 0.6 is 0 Å². The van der Waals surface area contributed by atoms with Crippen LogP contribution in [0.25, 0.3) is 0 Å². The topological polar surface area (TPSA) is 29.5 Å². The highest BCUT2D eigenvalue weighted by Crippen LogP contribution is 2.31.